The maximum Gasteiger partial charge on any atom is 0.325 e. The van der Waals surface area contributed by atoms with Gasteiger partial charge in [0.2, 0.25) is 0 Å². The third-order valence-corrected chi connectivity index (χ3v) is 21.1. The normalized spacial score (nSPS) is 19.7. The van der Waals surface area contributed by atoms with Crippen molar-refractivity contribution in [1.29, 1.82) is 0 Å². The van der Waals surface area contributed by atoms with E-state index in [9.17, 15) is 0 Å². The van der Waals surface area contributed by atoms with Crippen LogP contribution in [0.4, 0.5) is 9.59 Å². The summed E-state index contributed by atoms with van der Waals surface area (Å²) in [5, 5.41) is 0. The van der Waals surface area contributed by atoms with Crippen LogP contribution < -0.4 is 18.9 Å². The lowest BCUT2D eigenvalue weighted by Crippen LogP contribution is -2.62. The molecule has 6 aliphatic rings. The molecule has 0 N–H and O–H groups in total. The first-order valence-corrected chi connectivity index (χ1v) is 38.1. The summed E-state index contributed by atoms with van der Waals surface area (Å²) in [4.78, 5) is 79.4. The minimum atomic E-state index is -1.49. The van der Waals surface area contributed by atoms with Gasteiger partial charge in [-0.2, -0.15) is 0 Å². The van der Waals surface area contributed by atoms with Crippen molar-refractivity contribution in [3.05, 3.63) is 298 Å². The number of urea groups is 2. The Morgan fingerprint density at radius 2 is 0.564 bits per heavy atom. The summed E-state index contributed by atoms with van der Waals surface area (Å²) in [6.07, 6.45) is 7.31. The topological polar surface area (TPSA) is 211 Å². The zero-order valence-electron chi connectivity index (χ0n) is 61.9. The maximum absolute atomic E-state index is 16.7. The highest BCUT2D eigenvalue weighted by atomic mass is 16.5. The number of ether oxygens (including phenoxy) is 8. The molecule has 0 atom stereocenters. The average molecular weight is 1480 g/mol. The van der Waals surface area contributed by atoms with Gasteiger partial charge in [0, 0.05) is 137 Å². The van der Waals surface area contributed by atoms with Crippen molar-refractivity contribution in [3.63, 3.8) is 0 Å². The van der Waals surface area contributed by atoms with Gasteiger partial charge in [-0.15, -0.1) is 0 Å². The fourth-order valence-corrected chi connectivity index (χ4v) is 16.3. The van der Waals surface area contributed by atoms with E-state index >= 15 is 9.59 Å². The highest BCUT2D eigenvalue weighted by Crippen LogP contribution is 2.66. The van der Waals surface area contributed by atoms with E-state index in [1.807, 2.05) is 202 Å². The van der Waals surface area contributed by atoms with Crippen LogP contribution in [0.25, 0.3) is 0 Å². The third-order valence-electron chi connectivity index (χ3n) is 21.1. The Labute approximate surface area is 641 Å². The van der Waals surface area contributed by atoms with Crippen LogP contribution in [0.15, 0.2) is 219 Å². The minimum absolute atomic E-state index is 0.0469. The number of hydrogen-bond acceptors (Lipinski definition) is 20. The fourth-order valence-electron chi connectivity index (χ4n) is 16.3. The maximum atomic E-state index is 16.7. The molecule has 0 radical (unpaired) electrons. The zero-order valence-corrected chi connectivity index (χ0v) is 61.9. The Morgan fingerprint density at radius 1 is 0.291 bits per heavy atom. The lowest BCUT2D eigenvalue weighted by Gasteiger charge is -2.49. The van der Waals surface area contributed by atoms with E-state index in [4.69, 9.17) is 47.9 Å². The van der Waals surface area contributed by atoms with Crippen molar-refractivity contribution in [3.8, 4) is 23.0 Å². The van der Waals surface area contributed by atoms with Crippen LogP contribution in [0, 0.1) is 0 Å². The van der Waals surface area contributed by atoms with E-state index in [0.717, 1.165) is 78.9 Å². The molecule has 0 saturated carbocycles. The lowest BCUT2D eigenvalue weighted by atomic mass is 9.79. The predicted molar refractivity (Wildman–Crippen MR) is 409 cm³/mol. The second-order valence-electron chi connectivity index (χ2n) is 28.2. The molecule has 8 bridgehead atoms. The Morgan fingerprint density at radius 3 is 0.855 bits per heavy atom. The van der Waals surface area contributed by atoms with Crippen LogP contribution in [-0.2, 0) is 109 Å². The molecule has 24 heteroatoms. The largest absolute Gasteiger partial charge is 0.491 e. The van der Waals surface area contributed by atoms with E-state index in [0.29, 0.717) is 128 Å². The first-order chi connectivity index (χ1) is 54.3. The number of benzene rings is 4. The highest BCUT2D eigenvalue weighted by molar-refractivity contribution is 5.91. The molecule has 6 aromatic heterocycles. The first kappa shape index (κ1) is 73.4. The highest BCUT2D eigenvalue weighted by Gasteiger charge is 2.81. The molecule has 0 aliphatic carbocycles. The Hall–Kier alpha value is -10.8. The molecule has 2 fully saturated rings. The van der Waals surface area contributed by atoms with Crippen LogP contribution in [0.3, 0.4) is 0 Å². The average Bonchev–Trinajstić information content (AvgIpc) is 1.47. The molecule has 12 heterocycles. The van der Waals surface area contributed by atoms with Gasteiger partial charge in [-0.3, -0.25) is 69.1 Å². The molecule has 4 aromatic carbocycles. The second kappa shape index (κ2) is 34.8. The molecule has 2 saturated heterocycles. The standard InChI is InChI=1S/C86H92N14O10/c101-83-97-61-75-76-62-98-84(102)100-64-78-77(63-99(83)86(100,66-19-5-2-6-20-66)85(97,98)65-17-3-1-4-18-65)81-31-32-82(78)110-52-48-106-44-40-94(58-72-26-16-28-74(92-72)60-96(55-69-23-9-13-35-89-69)56-70-24-10-14-36-90-70)38-42-104-46-50-108-80(76)30-29-79(75)107-49-45-103-41-37-93(39-43-105-47-51-109-81)57-71-25-15-27-73(91-71)59-95(53-67-21-7-11-33-87-67)54-68-22-8-12-34-88-68/h1-36H,37-64H2. The summed E-state index contributed by atoms with van der Waals surface area (Å²) in [7, 11) is 0. The van der Waals surface area contributed by atoms with Crippen molar-refractivity contribution in [2.45, 2.75) is 89.9 Å². The summed E-state index contributed by atoms with van der Waals surface area (Å²) in [6, 6.07) is 63.6. The van der Waals surface area contributed by atoms with Gasteiger partial charge in [0.15, 0.2) is 11.3 Å². The molecule has 10 aromatic rings. The molecule has 24 nitrogen and oxygen atoms in total. The minimum Gasteiger partial charge on any atom is -0.491 e. The second-order valence-corrected chi connectivity index (χ2v) is 28.2. The lowest BCUT2D eigenvalue weighted by molar-refractivity contribution is -0.0796. The molecular formula is C86H92N14O10. The molecule has 6 aliphatic heterocycles. The molecule has 16 rings (SSSR count). The molecule has 0 spiro atoms. The fraction of sp³-hybridized carbons (Fsp3) is 0.349. The van der Waals surface area contributed by atoms with Crippen molar-refractivity contribution >= 4 is 12.1 Å². The number of aromatic nitrogens is 6. The van der Waals surface area contributed by atoms with Crippen LogP contribution >= 0.6 is 0 Å². The number of nitrogens with zero attached hydrogens (tertiary/aromatic N) is 14. The SMILES string of the molecule is O=C1N2Cc3c4ccc5c3CN3C(=O)N6Cc7c(ccc(c7CN1C6(c1ccccc1)C23c1ccccc1)OCCOCCN(Cc1cccc(CN(Cc2ccccn2)Cc2ccccn2)n1)CCOCCO4)OCCOCCN(Cc1cccc(CN(Cc2ccccn2)Cc2ccccn2)n1)CCOCCO5. The molecule has 0 unspecified atom stereocenters. The van der Waals surface area contributed by atoms with E-state index in [1.165, 1.54) is 0 Å². The van der Waals surface area contributed by atoms with Gasteiger partial charge in [0.05, 0.1) is 125 Å². The summed E-state index contributed by atoms with van der Waals surface area (Å²) < 4.78 is 53.5. The summed E-state index contributed by atoms with van der Waals surface area (Å²) in [6.45, 7) is 10.8. The number of carbonyl (C=O) groups excluding carboxylic acids is 2. The van der Waals surface area contributed by atoms with Crippen molar-refractivity contribution in [2.24, 2.45) is 0 Å². The number of hydrogen-bond donors (Lipinski definition) is 0. The summed E-state index contributed by atoms with van der Waals surface area (Å²) in [5.41, 5.74) is 9.03. The molecule has 4 amide bonds. The van der Waals surface area contributed by atoms with E-state index in [1.54, 1.807) is 0 Å². The van der Waals surface area contributed by atoms with Crippen molar-refractivity contribution in [1.82, 2.24) is 69.1 Å². The monoisotopic (exact) mass is 1480 g/mol. The predicted octanol–water partition coefficient (Wildman–Crippen LogP) is 11.0. The summed E-state index contributed by atoms with van der Waals surface area (Å²) in [5.74, 6) is 2.20. The van der Waals surface area contributed by atoms with E-state index in [-0.39, 0.29) is 91.1 Å². The molecule has 566 valence electrons. The van der Waals surface area contributed by atoms with Gasteiger partial charge in [-0.1, -0.05) is 97.1 Å². The number of rotatable bonds is 18. The number of carbonyl (C=O) groups is 2. The Kier molecular flexibility index (Phi) is 23.2. The summed E-state index contributed by atoms with van der Waals surface area (Å²) >= 11 is 0. The number of pyridine rings is 6. The van der Waals surface area contributed by atoms with Crippen molar-refractivity contribution < 1.29 is 47.5 Å². The van der Waals surface area contributed by atoms with E-state index in [2.05, 4.69) is 75.9 Å². The Balaban J connectivity index is 0.705. The van der Waals surface area contributed by atoms with Crippen molar-refractivity contribution in [2.75, 3.05) is 105 Å². The molecule has 110 heavy (non-hydrogen) atoms. The van der Waals surface area contributed by atoms with Gasteiger partial charge in [-0.25, -0.2) is 9.59 Å². The van der Waals surface area contributed by atoms with Gasteiger partial charge in [0.1, 0.15) is 49.4 Å². The van der Waals surface area contributed by atoms with Crippen LogP contribution in [-0.4, -0.2) is 187 Å². The van der Waals surface area contributed by atoms with Crippen LogP contribution in [0.2, 0.25) is 0 Å². The zero-order chi connectivity index (χ0) is 74.3. The Bertz CT molecular complexity index is 4210. The van der Waals surface area contributed by atoms with Gasteiger partial charge in [0.25, 0.3) is 0 Å². The quantitative estimate of drug-likeness (QED) is 0.0781. The van der Waals surface area contributed by atoms with E-state index < -0.39 is 11.3 Å². The smallest absolute Gasteiger partial charge is 0.325 e. The van der Waals surface area contributed by atoms with Crippen LogP contribution in [0.1, 0.15) is 78.9 Å². The van der Waals surface area contributed by atoms with Gasteiger partial charge in [-0.05, 0) is 97.1 Å². The molecular weight excluding hydrogens is 1390 g/mol. The van der Waals surface area contributed by atoms with Gasteiger partial charge >= 0.3 is 12.1 Å². The first-order valence-electron chi connectivity index (χ1n) is 38.1. The van der Waals surface area contributed by atoms with Crippen LogP contribution in [0.5, 0.6) is 23.0 Å². The van der Waals surface area contributed by atoms with Gasteiger partial charge < -0.3 is 37.9 Å². The third kappa shape index (κ3) is 16.1. The number of amides is 4.